The van der Waals surface area contributed by atoms with Gasteiger partial charge in [0.05, 0.1) is 5.52 Å². The van der Waals surface area contributed by atoms with Gasteiger partial charge in [-0.3, -0.25) is 0 Å². The minimum Gasteiger partial charge on any atom is -0.343 e. The molecular formula is C45H32N2. The molecule has 0 aliphatic rings. The molecule has 0 aliphatic carbocycles. The van der Waals surface area contributed by atoms with Crippen LogP contribution in [0.4, 0.5) is 17.1 Å². The summed E-state index contributed by atoms with van der Waals surface area (Å²) in [4.78, 5) is 2.32. The van der Waals surface area contributed by atoms with Gasteiger partial charge in [-0.1, -0.05) is 127 Å². The van der Waals surface area contributed by atoms with E-state index < -0.39 is 0 Å². The van der Waals surface area contributed by atoms with Crippen LogP contribution in [0.2, 0.25) is 0 Å². The molecule has 0 fully saturated rings. The second-order valence-corrected chi connectivity index (χ2v) is 12.2. The first-order valence-corrected chi connectivity index (χ1v) is 16.2. The van der Waals surface area contributed by atoms with Crippen LogP contribution in [0.15, 0.2) is 176 Å². The minimum atomic E-state index is 1.12. The van der Waals surface area contributed by atoms with Crippen molar-refractivity contribution in [3.8, 4) is 22.3 Å². The van der Waals surface area contributed by atoms with E-state index >= 15 is 0 Å². The minimum absolute atomic E-state index is 1.12. The Balaban J connectivity index is 1.15. The third-order valence-corrected chi connectivity index (χ3v) is 9.57. The predicted octanol–water partition coefficient (Wildman–Crippen LogP) is 12.4. The van der Waals surface area contributed by atoms with Crippen molar-refractivity contribution in [3.63, 3.8) is 0 Å². The Morgan fingerprint density at radius 2 is 0.809 bits per heavy atom. The van der Waals surface area contributed by atoms with Gasteiger partial charge in [0, 0.05) is 45.8 Å². The molecule has 0 N–H and O–H groups in total. The quantitative estimate of drug-likeness (QED) is 0.178. The number of benzene rings is 8. The van der Waals surface area contributed by atoms with Crippen LogP contribution in [0.5, 0.6) is 0 Å². The molecule has 0 aliphatic heterocycles. The summed E-state index contributed by atoms with van der Waals surface area (Å²) in [6, 6.07) is 63.5. The Morgan fingerprint density at radius 3 is 1.45 bits per heavy atom. The summed E-state index contributed by atoms with van der Waals surface area (Å²) >= 11 is 0. The summed E-state index contributed by atoms with van der Waals surface area (Å²) in [5, 5.41) is 7.81. The van der Waals surface area contributed by atoms with Gasteiger partial charge in [0.2, 0.25) is 0 Å². The van der Waals surface area contributed by atoms with Crippen LogP contribution in [0.3, 0.4) is 0 Å². The number of nitrogens with zero attached hydrogens (tertiary/aromatic N) is 2. The number of anilines is 3. The van der Waals surface area contributed by atoms with E-state index in [0.717, 1.165) is 17.1 Å². The van der Waals surface area contributed by atoms with Gasteiger partial charge in [-0.25, -0.2) is 0 Å². The van der Waals surface area contributed by atoms with Gasteiger partial charge >= 0.3 is 0 Å². The maximum absolute atomic E-state index is 2.38. The van der Waals surface area contributed by atoms with Gasteiger partial charge in [0.15, 0.2) is 0 Å². The Labute approximate surface area is 274 Å². The van der Waals surface area contributed by atoms with Crippen molar-refractivity contribution in [2.24, 2.45) is 7.05 Å². The Morgan fingerprint density at radius 1 is 0.362 bits per heavy atom. The van der Waals surface area contributed by atoms with Crippen LogP contribution < -0.4 is 4.90 Å². The van der Waals surface area contributed by atoms with Crippen LogP contribution in [0.1, 0.15) is 0 Å². The molecule has 0 saturated carbocycles. The number of hydrogen-bond donors (Lipinski definition) is 0. The normalized spacial score (nSPS) is 11.5. The maximum atomic E-state index is 2.38. The predicted molar refractivity (Wildman–Crippen MR) is 201 cm³/mol. The molecule has 1 heterocycles. The zero-order chi connectivity index (χ0) is 31.3. The van der Waals surface area contributed by atoms with Crippen molar-refractivity contribution in [1.82, 2.24) is 4.57 Å². The first kappa shape index (κ1) is 27.2. The van der Waals surface area contributed by atoms with Crippen molar-refractivity contribution in [2.75, 3.05) is 4.90 Å². The number of aromatic nitrogens is 1. The molecule has 0 saturated heterocycles. The van der Waals surface area contributed by atoms with Crippen LogP contribution >= 0.6 is 0 Å². The van der Waals surface area contributed by atoms with Crippen LogP contribution in [0, 0.1) is 0 Å². The largest absolute Gasteiger partial charge is 0.343 e. The highest BCUT2D eigenvalue weighted by molar-refractivity contribution is 6.31. The monoisotopic (exact) mass is 600 g/mol. The maximum Gasteiger partial charge on any atom is 0.0574 e. The summed E-state index contributed by atoms with van der Waals surface area (Å²) in [5.41, 5.74) is 10.8. The molecule has 0 spiro atoms. The zero-order valence-corrected chi connectivity index (χ0v) is 26.1. The van der Waals surface area contributed by atoms with Crippen molar-refractivity contribution < 1.29 is 0 Å². The fourth-order valence-corrected chi connectivity index (χ4v) is 7.33. The van der Waals surface area contributed by atoms with Crippen molar-refractivity contribution in [2.45, 2.75) is 0 Å². The summed E-state index contributed by atoms with van der Waals surface area (Å²) < 4.78 is 2.37. The standard InChI is InChI=1S/C45H32N2/c1-46-43-29-24-34(30-42(43)44-40-18-10-8-16-38(40)39-17-9-11-19-41(39)45(44)46)33-22-27-37(28-23-33)47(35-14-6-3-7-15-35)36-25-20-32(21-26-36)31-12-4-2-5-13-31/h2-30H,1H3. The zero-order valence-electron chi connectivity index (χ0n) is 26.1. The van der Waals surface area contributed by atoms with Gasteiger partial charge in [-0.05, 0) is 86.9 Å². The molecule has 2 nitrogen and oxygen atoms in total. The van der Waals surface area contributed by atoms with E-state index in [4.69, 9.17) is 0 Å². The van der Waals surface area contributed by atoms with Crippen molar-refractivity contribution >= 4 is 60.4 Å². The lowest BCUT2D eigenvalue weighted by molar-refractivity contribution is 1.02. The number of para-hydroxylation sites is 1. The van der Waals surface area contributed by atoms with Gasteiger partial charge in [-0.15, -0.1) is 0 Å². The molecule has 0 radical (unpaired) electrons. The molecule has 47 heavy (non-hydrogen) atoms. The molecular weight excluding hydrogens is 569 g/mol. The van der Waals surface area contributed by atoms with Crippen LogP contribution in [0.25, 0.3) is 65.6 Å². The number of fused-ring (bicyclic) bond motifs is 8. The van der Waals surface area contributed by atoms with E-state index in [0.29, 0.717) is 0 Å². The van der Waals surface area contributed by atoms with Crippen molar-refractivity contribution in [3.05, 3.63) is 176 Å². The average Bonchev–Trinajstić information content (AvgIpc) is 3.45. The van der Waals surface area contributed by atoms with E-state index in [2.05, 4.69) is 192 Å². The van der Waals surface area contributed by atoms with E-state index in [9.17, 15) is 0 Å². The Kier molecular flexibility index (Phi) is 6.39. The van der Waals surface area contributed by atoms with Crippen LogP contribution in [-0.4, -0.2) is 4.57 Å². The van der Waals surface area contributed by atoms with E-state index in [-0.39, 0.29) is 0 Å². The van der Waals surface area contributed by atoms with E-state index in [1.165, 1.54) is 65.6 Å². The average molecular weight is 601 g/mol. The van der Waals surface area contributed by atoms with E-state index in [1.54, 1.807) is 0 Å². The van der Waals surface area contributed by atoms with Gasteiger partial charge in [-0.2, -0.15) is 0 Å². The topological polar surface area (TPSA) is 8.17 Å². The second-order valence-electron chi connectivity index (χ2n) is 12.2. The number of aryl methyl sites for hydroxylation is 1. The summed E-state index contributed by atoms with van der Waals surface area (Å²) in [6.45, 7) is 0. The molecule has 0 atom stereocenters. The first-order chi connectivity index (χ1) is 23.2. The SMILES string of the molecule is Cn1c2ccc(-c3ccc(N(c4ccccc4)c4ccc(-c5ccccc5)cc4)cc3)cc2c2c3ccccc3c3ccccc3c21. The molecule has 0 bridgehead atoms. The second kappa shape index (κ2) is 11.0. The first-order valence-electron chi connectivity index (χ1n) is 16.2. The third-order valence-electron chi connectivity index (χ3n) is 9.57. The fourth-order valence-electron chi connectivity index (χ4n) is 7.33. The van der Waals surface area contributed by atoms with Crippen LogP contribution in [-0.2, 0) is 7.05 Å². The van der Waals surface area contributed by atoms with Gasteiger partial charge in [0.25, 0.3) is 0 Å². The fraction of sp³-hybridized carbons (Fsp3) is 0.0222. The summed E-state index contributed by atoms with van der Waals surface area (Å²) in [7, 11) is 2.20. The lowest BCUT2D eigenvalue weighted by Gasteiger charge is -2.26. The summed E-state index contributed by atoms with van der Waals surface area (Å²) in [6.07, 6.45) is 0. The summed E-state index contributed by atoms with van der Waals surface area (Å²) in [5.74, 6) is 0. The number of rotatable bonds is 5. The molecule has 0 unspecified atom stereocenters. The lowest BCUT2D eigenvalue weighted by atomic mass is 9.95. The third kappa shape index (κ3) is 4.49. The highest BCUT2D eigenvalue weighted by Gasteiger charge is 2.17. The molecule has 0 amide bonds. The molecule has 9 rings (SSSR count). The lowest BCUT2D eigenvalue weighted by Crippen LogP contribution is -2.09. The molecule has 9 aromatic rings. The molecule has 8 aromatic carbocycles. The Hall–Kier alpha value is -6.12. The molecule has 2 heteroatoms. The van der Waals surface area contributed by atoms with Gasteiger partial charge < -0.3 is 9.47 Å². The molecule has 222 valence electrons. The number of hydrogen-bond acceptors (Lipinski definition) is 1. The molecule has 1 aromatic heterocycles. The highest BCUT2D eigenvalue weighted by atomic mass is 15.1. The van der Waals surface area contributed by atoms with Crippen molar-refractivity contribution in [1.29, 1.82) is 0 Å². The van der Waals surface area contributed by atoms with E-state index in [1.807, 2.05) is 0 Å². The van der Waals surface area contributed by atoms with Gasteiger partial charge in [0.1, 0.15) is 0 Å². The highest BCUT2D eigenvalue weighted by Crippen LogP contribution is 2.42. The Bertz CT molecular complexity index is 2540. The smallest absolute Gasteiger partial charge is 0.0574 e.